The van der Waals surface area contributed by atoms with Gasteiger partial charge in [-0.15, -0.1) is 0 Å². The van der Waals surface area contributed by atoms with Crippen LogP contribution in [0.1, 0.15) is 42.7 Å². The number of carbonyl (C=O) groups excluding carboxylic acids is 4. The quantitative estimate of drug-likeness (QED) is 0.164. The van der Waals surface area contributed by atoms with E-state index in [9.17, 15) is 29.4 Å². The number of hydrogen-bond acceptors (Lipinski definition) is 10. The molecule has 1 saturated carbocycles. The first-order valence-electron chi connectivity index (χ1n) is 17.3. The van der Waals surface area contributed by atoms with Crippen LogP contribution in [0.4, 0.5) is 5.69 Å². The molecule has 15 heteroatoms. The van der Waals surface area contributed by atoms with Gasteiger partial charge in [-0.2, -0.15) is 5.01 Å². The molecule has 282 valence electrons. The SMILES string of the molecule is COc1ccc(C23C(=O)N(Nc4ccc(Cl)cc4Cl)C(=O)C2CC2C(=CCC4C(=O)N(CCCC(=O)O)C(=O)C42)C3c2c(OC)cc(O)cc2OC)cc1. The van der Waals surface area contributed by atoms with Gasteiger partial charge in [-0.1, -0.05) is 47.0 Å². The largest absolute Gasteiger partial charge is 0.508 e. The molecule has 7 rings (SSSR count). The van der Waals surface area contributed by atoms with E-state index in [4.69, 9.17) is 37.4 Å². The van der Waals surface area contributed by atoms with Crippen LogP contribution in [0, 0.1) is 23.7 Å². The number of hydrazine groups is 1. The number of imide groups is 2. The molecule has 3 N–H and O–H groups in total. The van der Waals surface area contributed by atoms with E-state index in [1.807, 2.05) is 6.08 Å². The lowest BCUT2D eigenvalue weighted by atomic mass is 9.49. The number of phenolic OH excluding ortho intramolecular Hbond substituents is 1. The summed E-state index contributed by atoms with van der Waals surface area (Å²) in [4.78, 5) is 70.9. The summed E-state index contributed by atoms with van der Waals surface area (Å²) >= 11 is 12.7. The minimum Gasteiger partial charge on any atom is -0.508 e. The number of benzene rings is 3. The third-order valence-corrected chi connectivity index (χ3v) is 11.8. The molecule has 13 nitrogen and oxygen atoms in total. The van der Waals surface area contributed by atoms with Gasteiger partial charge in [0, 0.05) is 41.6 Å². The highest BCUT2D eigenvalue weighted by Crippen LogP contribution is 2.66. The van der Waals surface area contributed by atoms with Gasteiger partial charge >= 0.3 is 5.97 Å². The van der Waals surface area contributed by atoms with Crippen LogP contribution in [0.2, 0.25) is 10.0 Å². The molecule has 6 unspecified atom stereocenters. The third kappa shape index (κ3) is 5.72. The molecule has 0 aromatic heterocycles. The summed E-state index contributed by atoms with van der Waals surface area (Å²) in [5, 5.41) is 21.4. The van der Waals surface area contributed by atoms with Crippen LogP contribution in [0.15, 0.2) is 66.2 Å². The van der Waals surface area contributed by atoms with Gasteiger partial charge in [-0.25, -0.2) is 0 Å². The van der Waals surface area contributed by atoms with E-state index in [1.54, 1.807) is 36.4 Å². The summed E-state index contributed by atoms with van der Waals surface area (Å²) < 4.78 is 17.2. The molecule has 2 aliphatic heterocycles. The topological polar surface area (TPSA) is 172 Å². The predicted octanol–water partition coefficient (Wildman–Crippen LogP) is 5.57. The fourth-order valence-electron chi connectivity index (χ4n) is 9.04. The number of carboxylic acids is 1. The Labute approximate surface area is 320 Å². The van der Waals surface area contributed by atoms with Crippen LogP contribution >= 0.6 is 23.2 Å². The zero-order chi connectivity index (χ0) is 38.6. The van der Waals surface area contributed by atoms with Crippen LogP contribution in [0.25, 0.3) is 0 Å². The number of ether oxygens (including phenoxy) is 3. The number of carbonyl (C=O) groups is 5. The Morgan fingerprint density at radius 2 is 1.59 bits per heavy atom. The molecule has 6 atom stereocenters. The summed E-state index contributed by atoms with van der Waals surface area (Å²) in [7, 11) is 4.33. The molecular formula is C39H37Cl2N3O10. The van der Waals surface area contributed by atoms with Gasteiger partial charge < -0.3 is 24.4 Å². The number of halogens is 2. The number of phenols is 1. The number of allylic oxidation sites excluding steroid dienone is 2. The average molecular weight is 779 g/mol. The van der Waals surface area contributed by atoms with E-state index in [2.05, 4.69) is 5.43 Å². The molecule has 4 amide bonds. The van der Waals surface area contributed by atoms with Crippen molar-refractivity contribution < 1.29 is 48.4 Å². The zero-order valence-electron chi connectivity index (χ0n) is 29.5. The smallest absolute Gasteiger partial charge is 0.303 e. The minimum absolute atomic E-state index is 0.0112. The monoisotopic (exact) mass is 777 g/mol. The maximum Gasteiger partial charge on any atom is 0.303 e. The first-order valence-corrected chi connectivity index (χ1v) is 18.1. The Kier molecular flexibility index (Phi) is 9.73. The van der Waals surface area contributed by atoms with Gasteiger partial charge in [0.15, 0.2) is 0 Å². The number of methoxy groups -OCH3 is 3. The molecule has 54 heavy (non-hydrogen) atoms. The summed E-state index contributed by atoms with van der Waals surface area (Å²) in [6.07, 6.45) is 1.91. The second kappa shape index (κ2) is 14.2. The van der Waals surface area contributed by atoms with E-state index in [0.717, 1.165) is 9.91 Å². The molecule has 0 radical (unpaired) electrons. The average Bonchev–Trinajstić information content (AvgIpc) is 3.52. The van der Waals surface area contributed by atoms with Gasteiger partial charge in [0.1, 0.15) is 23.0 Å². The number of nitrogens with zero attached hydrogens (tertiary/aromatic N) is 2. The normalized spacial score (nSPS) is 25.9. The van der Waals surface area contributed by atoms with Crippen molar-refractivity contribution in [3.63, 3.8) is 0 Å². The lowest BCUT2D eigenvalue weighted by molar-refractivity contribution is -0.142. The molecular weight excluding hydrogens is 741 g/mol. The number of amides is 4. The van der Waals surface area contributed by atoms with Crippen LogP contribution in [0.3, 0.4) is 0 Å². The second-order valence-corrected chi connectivity index (χ2v) is 14.6. The number of fused-ring (bicyclic) bond motifs is 4. The van der Waals surface area contributed by atoms with Crippen molar-refractivity contribution >= 4 is 58.5 Å². The molecule has 2 saturated heterocycles. The summed E-state index contributed by atoms with van der Waals surface area (Å²) in [5.74, 6) is -6.92. The fourth-order valence-corrected chi connectivity index (χ4v) is 9.49. The number of anilines is 1. The van der Waals surface area contributed by atoms with Crippen molar-refractivity contribution in [3.05, 3.63) is 87.4 Å². The molecule has 3 aromatic rings. The maximum absolute atomic E-state index is 15.5. The van der Waals surface area contributed by atoms with Gasteiger partial charge in [-0.05, 0) is 61.1 Å². The van der Waals surface area contributed by atoms with Crippen molar-refractivity contribution in [1.29, 1.82) is 0 Å². The van der Waals surface area contributed by atoms with E-state index in [1.165, 1.54) is 39.5 Å². The molecule has 4 aliphatic rings. The number of hydrogen-bond donors (Lipinski definition) is 3. The van der Waals surface area contributed by atoms with Crippen molar-refractivity contribution in [1.82, 2.24) is 9.91 Å². The summed E-state index contributed by atoms with van der Waals surface area (Å²) in [6, 6.07) is 14.2. The Bertz CT molecular complexity index is 2080. The van der Waals surface area contributed by atoms with Crippen molar-refractivity contribution in [2.24, 2.45) is 23.7 Å². The van der Waals surface area contributed by atoms with Crippen LogP contribution < -0.4 is 19.6 Å². The number of rotatable bonds is 11. The number of carboxylic acid groups (broad SMARTS) is 1. The Hall–Kier alpha value is -5.27. The van der Waals surface area contributed by atoms with E-state index in [0.29, 0.717) is 27.5 Å². The molecule has 3 fully saturated rings. The van der Waals surface area contributed by atoms with Gasteiger partial charge in [0.2, 0.25) is 11.8 Å². The summed E-state index contributed by atoms with van der Waals surface area (Å²) in [6.45, 7) is -0.0573. The number of aromatic hydroxyl groups is 1. The number of nitrogens with one attached hydrogen (secondary N) is 1. The van der Waals surface area contributed by atoms with E-state index >= 15 is 4.79 Å². The number of aliphatic carboxylic acids is 1. The third-order valence-electron chi connectivity index (χ3n) is 11.3. The predicted molar refractivity (Wildman–Crippen MR) is 195 cm³/mol. The highest BCUT2D eigenvalue weighted by Gasteiger charge is 2.71. The van der Waals surface area contributed by atoms with E-state index < -0.39 is 64.6 Å². The highest BCUT2D eigenvalue weighted by atomic mass is 35.5. The standard InChI is InChI=1S/C39H37Cl2N3O10/c1-52-22-9-6-19(7-10-22)39-26(36(49)44(38(39)51)42-28-13-8-20(40)15-27(28)41)18-25-23(34(39)33-29(53-2)16-21(45)17-30(33)54-3)11-12-24-32(25)37(50)43(35(24)48)14-4-5-31(46)47/h6-11,13,15-17,24-26,32,34,42,45H,4-5,12,14,18H2,1-3H3,(H,46,47). The first-order chi connectivity index (χ1) is 25.9. The number of likely N-dealkylation sites (tertiary alicyclic amines) is 1. The van der Waals surface area contributed by atoms with Gasteiger partial charge in [0.25, 0.3) is 11.8 Å². The molecule has 2 heterocycles. The lowest BCUT2D eigenvalue weighted by Crippen LogP contribution is -2.53. The fraction of sp³-hybridized carbons (Fsp3) is 0.359. The van der Waals surface area contributed by atoms with Gasteiger partial charge in [-0.3, -0.25) is 34.3 Å². The molecule has 3 aromatic carbocycles. The summed E-state index contributed by atoms with van der Waals surface area (Å²) in [5.41, 5.74) is 2.95. The Balaban J connectivity index is 1.47. The van der Waals surface area contributed by atoms with Crippen molar-refractivity contribution in [2.75, 3.05) is 33.3 Å². The molecule has 0 bridgehead atoms. The first kappa shape index (κ1) is 37.1. The minimum atomic E-state index is -1.70. The van der Waals surface area contributed by atoms with Crippen LogP contribution in [0.5, 0.6) is 23.0 Å². The maximum atomic E-state index is 15.5. The van der Waals surface area contributed by atoms with E-state index in [-0.39, 0.29) is 60.2 Å². The Morgan fingerprint density at radius 1 is 0.907 bits per heavy atom. The van der Waals surface area contributed by atoms with Gasteiger partial charge in [0.05, 0.1) is 55.2 Å². The second-order valence-electron chi connectivity index (χ2n) is 13.8. The Morgan fingerprint density at radius 3 is 2.20 bits per heavy atom. The lowest BCUT2D eigenvalue weighted by Gasteiger charge is -2.51. The highest BCUT2D eigenvalue weighted by molar-refractivity contribution is 6.36. The molecule has 0 spiro atoms. The zero-order valence-corrected chi connectivity index (χ0v) is 31.0. The molecule has 2 aliphatic carbocycles. The van der Waals surface area contributed by atoms with Crippen molar-refractivity contribution in [2.45, 2.75) is 37.0 Å². The van der Waals surface area contributed by atoms with Crippen molar-refractivity contribution in [3.8, 4) is 23.0 Å². The van der Waals surface area contributed by atoms with Crippen LogP contribution in [-0.4, -0.2) is 77.6 Å². The van der Waals surface area contributed by atoms with Crippen LogP contribution in [-0.2, 0) is 29.4 Å².